The fraction of sp³-hybridized carbons (Fsp3) is 0.556. The molecule has 0 saturated carbocycles. The first-order valence-electron chi connectivity index (χ1n) is 4.92. The molecule has 0 aliphatic heterocycles. The Morgan fingerprint density at radius 1 is 1.69 bits per heavy atom. The molecular weight excluding hydrogens is 228 g/mol. The van der Waals surface area contributed by atoms with E-state index in [-0.39, 0.29) is 11.4 Å². The number of nitrogens with zero attached hydrogens (tertiary/aromatic N) is 2. The number of hydrogen-bond donors (Lipinski definition) is 2. The largest absolute Gasteiger partial charge is 0.332 e. The molecule has 0 fully saturated rings. The fourth-order valence-electron chi connectivity index (χ4n) is 1.17. The summed E-state index contributed by atoms with van der Waals surface area (Å²) in [6.45, 7) is 3.51. The van der Waals surface area contributed by atoms with Crippen LogP contribution in [0.15, 0.2) is 11.2 Å². The fourth-order valence-corrected chi connectivity index (χ4v) is 2.35. The molecule has 88 valence electrons. The first kappa shape index (κ1) is 12.7. The molecule has 1 heterocycles. The molecule has 0 aliphatic carbocycles. The summed E-state index contributed by atoms with van der Waals surface area (Å²) < 4.78 is 25.9. The predicted molar refractivity (Wildman–Crippen MR) is 58.0 cm³/mol. The van der Waals surface area contributed by atoms with E-state index in [0.29, 0.717) is 12.2 Å². The summed E-state index contributed by atoms with van der Waals surface area (Å²) in [5, 5.41) is 8.48. The molecular formula is C9H14N4O2S. The molecule has 7 heteroatoms. The third-order valence-corrected chi connectivity index (χ3v) is 3.48. The van der Waals surface area contributed by atoms with Crippen LogP contribution in [0.3, 0.4) is 0 Å². The Morgan fingerprint density at radius 2 is 2.38 bits per heavy atom. The summed E-state index contributed by atoms with van der Waals surface area (Å²) >= 11 is 0. The summed E-state index contributed by atoms with van der Waals surface area (Å²) in [6, 6.07) is 1.49. The zero-order chi connectivity index (χ0) is 12.2. The van der Waals surface area contributed by atoms with Gasteiger partial charge < -0.3 is 4.98 Å². The van der Waals surface area contributed by atoms with E-state index in [2.05, 4.69) is 14.7 Å². The lowest BCUT2D eigenvalue weighted by molar-refractivity contribution is 0.560. The molecule has 0 amide bonds. The number of aromatic amines is 1. The summed E-state index contributed by atoms with van der Waals surface area (Å²) in [7, 11) is -3.59. The van der Waals surface area contributed by atoms with Gasteiger partial charge >= 0.3 is 0 Å². The highest BCUT2D eigenvalue weighted by Gasteiger charge is 2.19. The Bertz CT molecular complexity index is 486. The van der Waals surface area contributed by atoms with Crippen molar-refractivity contribution >= 4 is 10.0 Å². The van der Waals surface area contributed by atoms with Crippen LogP contribution in [0.2, 0.25) is 0 Å². The number of nitrogens with one attached hydrogen (secondary N) is 2. The molecule has 0 aliphatic rings. The van der Waals surface area contributed by atoms with Gasteiger partial charge in [0.25, 0.3) is 10.0 Å². The second kappa shape index (κ2) is 5.09. The zero-order valence-electron chi connectivity index (χ0n) is 9.19. The van der Waals surface area contributed by atoms with E-state index in [0.717, 1.165) is 0 Å². The van der Waals surface area contributed by atoms with E-state index >= 15 is 0 Å². The smallest absolute Gasteiger partial charge is 0.257 e. The molecule has 1 atom stereocenters. The Balaban J connectivity index is 2.82. The predicted octanol–water partition coefficient (Wildman–Crippen LogP) is 0.553. The Hall–Kier alpha value is -1.39. The van der Waals surface area contributed by atoms with Gasteiger partial charge in [-0.05, 0) is 6.92 Å². The van der Waals surface area contributed by atoms with Crippen molar-refractivity contribution in [2.24, 2.45) is 0 Å². The molecule has 0 aromatic carbocycles. The van der Waals surface area contributed by atoms with Crippen LogP contribution >= 0.6 is 0 Å². The van der Waals surface area contributed by atoms with E-state index in [1.807, 2.05) is 13.0 Å². The van der Waals surface area contributed by atoms with E-state index in [9.17, 15) is 8.42 Å². The van der Waals surface area contributed by atoms with Crippen LogP contribution in [0.1, 0.15) is 26.1 Å². The minimum Gasteiger partial charge on any atom is -0.332 e. The van der Waals surface area contributed by atoms with Crippen molar-refractivity contribution in [1.29, 1.82) is 5.26 Å². The molecule has 2 N–H and O–H groups in total. The van der Waals surface area contributed by atoms with Crippen molar-refractivity contribution in [1.82, 2.24) is 14.7 Å². The Morgan fingerprint density at radius 3 is 2.88 bits per heavy atom. The Labute approximate surface area is 94.8 Å². The average Bonchev–Trinajstić information content (AvgIpc) is 2.65. The maximum absolute atomic E-state index is 11.8. The molecule has 1 rings (SSSR count). The van der Waals surface area contributed by atoms with Crippen molar-refractivity contribution in [3.8, 4) is 6.07 Å². The maximum Gasteiger partial charge on any atom is 0.257 e. The van der Waals surface area contributed by atoms with Crippen molar-refractivity contribution in [3.05, 3.63) is 12.0 Å². The van der Waals surface area contributed by atoms with Crippen LogP contribution < -0.4 is 4.72 Å². The quantitative estimate of drug-likeness (QED) is 0.787. The zero-order valence-corrected chi connectivity index (χ0v) is 10.0. The molecule has 0 bridgehead atoms. The van der Waals surface area contributed by atoms with Crippen LogP contribution in [-0.4, -0.2) is 24.4 Å². The third kappa shape index (κ3) is 3.05. The number of H-pyrrole nitrogens is 1. The van der Waals surface area contributed by atoms with Gasteiger partial charge in [0.05, 0.1) is 18.7 Å². The molecule has 0 saturated heterocycles. The number of nitriles is 1. The number of aromatic nitrogens is 2. The highest BCUT2D eigenvalue weighted by molar-refractivity contribution is 7.89. The van der Waals surface area contributed by atoms with Gasteiger partial charge in [-0.2, -0.15) is 5.26 Å². The van der Waals surface area contributed by atoms with Gasteiger partial charge in [0.1, 0.15) is 5.82 Å². The number of imidazole rings is 1. The van der Waals surface area contributed by atoms with Gasteiger partial charge in [-0.15, -0.1) is 0 Å². The minimum atomic E-state index is -3.59. The second-order valence-electron chi connectivity index (χ2n) is 3.43. The van der Waals surface area contributed by atoms with Crippen molar-refractivity contribution in [3.63, 3.8) is 0 Å². The lowest BCUT2D eigenvalue weighted by atomic mass is 10.3. The van der Waals surface area contributed by atoms with Crippen molar-refractivity contribution < 1.29 is 8.42 Å². The second-order valence-corrected chi connectivity index (χ2v) is 5.11. The Kier molecular flexibility index (Phi) is 4.04. The maximum atomic E-state index is 11.8. The van der Waals surface area contributed by atoms with Crippen LogP contribution in [0.4, 0.5) is 0 Å². The van der Waals surface area contributed by atoms with Crippen LogP contribution in [0.5, 0.6) is 0 Å². The van der Waals surface area contributed by atoms with Gasteiger partial charge in [-0.3, -0.25) is 0 Å². The van der Waals surface area contributed by atoms with Crippen LogP contribution in [-0.2, 0) is 16.4 Å². The summed E-state index contributed by atoms with van der Waals surface area (Å²) in [6.07, 6.45) is 2.05. The van der Waals surface area contributed by atoms with E-state index < -0.39 is 16.1 Å². The van der Waals surface area contributed by atoms with E-state index in [1.165, 1.54) is 6.20 Å². The number of rotatable bonds is 5. The van der Waals surface area contributed by atoms with Gasteiger partial charge in [0, 0.05) is 12.5 Å². The standard InChI is InChI=1S/C9H14N4O2S/c1-3-8-11-6-9(12-8)16(14,15)13-7(2)4-5-10/h6-7,13H,3-4H2,1-2H3,(H,11,12). The monoisotopic (exact) mass is 242 g/mol. The van der Waals surface area contributed by atoms with E-state index in [1.54, 1.807) is 6.92 Å². The van der Waals surface area contributed by atoms with E-state index in [4.69, 9.17) is 5.26 Å². The average molecular weight is 242 g/mol. The molecule has 6 nitrogen and oxygen atoms in total. The topological polar surface area (TPSA) is 98.6 Å². The number of sulfonamides is 1. The van der Waals surface area contributed by atoms with Gasteiger partial charge in [-0.25, -0.2) is 18.1 Å². The van der Waals surface area contributed by atoms with Crippen molar-refractivity contribution in [2.45, 2.75) is 37.8 Å². The van der Waals surface area contributed by atoms with Crippen LogP contribution in [0.25, 0.3) is 0 Å². The normalized spacial score (nSPS) is 13.3. The summed E-state index contributed by atoms with van der Waals surface area (Å²) in [5.74, 6) is 0.619. The van der Waals surface area contributed by atoms with Crippen molar-refractivity contribution in [2.75, 3.05) is 0 Å². The first-order valence-corrected chi connectivity index (χ1v) is 6.41. The molecule has 1 unspecified atom stereocenters. The molecule has 0 radical (unpaired) electrons. The summed E-state index contributed by atoms with van der Waals surface area (Å²) in [4.78, 5) is 6.62. The van der Waals surface area contributed by atoms with Gasteiger partial charge in [0.2, 0.25) is 0 Å². The highest BCUT2D eigenvalue weighted by Crippen LogP contribution is 2.07. The molecule has 1 aromatic heterocycles. The first-order chi connectivity index (χ1) is 7.49. The van der Waals surface area contributed by atoms with Gasteiger partial charge in [-0.1, -0.05) is 6.92 Å². The lowest BCUT2D eigenvalue weighted by Gasteiger charge is -2.08. The number of hydrogen-bond acceptors (Lipinski definition) is 4. The van der Waals surface area contributed by atoms with Crippen LogP contribution in [0, 0.1) is 11.3 Å². The third-order valence-electron chi connectivity index (χ3n) is 1.98. The summed E-state index contributed by atoms with van der Waals surface area (Å²) in [5.41, 5.74) is 0. The number of aryl methyl sites for hydroxylation is 1. The highest BCUT2D eigenvalue weighted by atomic mass is 32.2. The van der Waals surface area contributed by atoms with Gasteiger partial charge in [0.15, 0.2) is 5.03 Å². The SMILES string of the molecule is CCc1ncc(S(=O)(=O)NC(C)CC#N)[nH]1. The lowest BCUT2D eigenvalue weighted by Crippen LogP contribution is -2.32. The molecule has 0 spiro atoms. The molecule has 1 aromatic rings. The molecule has 16 heavy (non-hydrogen) atoms. The minimum absolute atomic E-state index is 0.0362.